The van der Waals surface area contributed by atoms with Gasteiger partial charge in [-0.3, -0.25) is 0 Å². The fourth-order valence-electron chi connectivity index (χ4n) is 1.48. The van der Waals surface area contributed by atoms with Gasteiger partial charge in [0.1, 0.15) is 15.7 Å². The number of nitrogens with zero attached hydrogens (tertiary/aromatic N) is 1. The topological polar surface area (TPSA) is 50.2 Å². The lowest BCUT2D eigenvalue weighted by Crippen LogP contribution is -1.89. The summed E-state index contributed by atoms with van der Waals surface area (Å²) in [6.45, 7) is 1.98. The Labute approximate surface area is 112 Å². The van der Waals surface area contributed by atoms with Crippen LogP contribution in [-0.4, -0.2) is 21.8 Å². The average molecular weight is 283 g/mol. The third-order valence-electron chi connectivity index (χ3n) is 2.21. The zero-order chi connectivity index (χ0) is 13.1. The van der Waals surface area contributed by atoms with Crippen molar-refractivity contribution in [1.82, 2.24) is 4.98 Å². The normalized spacial score (nSPS) is 10.6. The van der Waals surface area contributed by atoms with Gasteiger partial charge in [0.15, 0.2) is 0 Å². The molecular formula is C12H10FNO2S2. The average Bonchev–Trinajstić information content (AvgIpc) is 2.79. The molecule has 0 saturated heterocycles. The van der Waals surface area contributed by atoms with Crippen molar-refractivity contribution in [1.29, 1.82) is 0 Å². The van der Waals surface area contributed by atoms with E-state index >= 15 is 0 Å². The van der Waals surface area contributed by atoms with Gasteiger partial charge < -0.3 is 5.11 Å². The lowest BCUT2D eigenvalue weighted by Gasteiger charge is -2.06. The molecule has 1 aromatic carbocycles. The van der Waals surface area contributed by atoms with E-state index < -0.39 is 5.97 Å². The Hall–Kier alpha value is -1.40. The van der Waals surface area contributed by atoms with Crippen LogP contribution in [0.3, 0.4) is 0 Å². The highest BCUT2D eigenvalue weighted by Crippen LogP contribution is 2.35. The second-order valence-corrected chi connectivity index (χ2v) is 5.72. The molecular weight excluding hydrogens is 273 g/mol. The summed E-state index contributed by atoms with van der Waals surface area (Å²) in [5.74, 6) is -0.604. The summed E-state index contributed by atoms with van der Waals surface area (Å²) < 4.78 is 13.9. The SMILES string of the molecule is CCSc1cccc(F)c1-c1ncc(C(=O)O)s1. The first-order valence-electron chi connectivity index (χ1n) is 5.24. The minimum atomic E-state index is -1.04. The van der Waals surface area contributed by atoms with Gasteiger partial charge in [0.05, 0.1) is 11.8 Å². The van der Waals surface area contributed by atoms with Gasteiger partial charge in [-0.1, -0.05) is 13.0 Å². The molecule has 1 heterocycles. The highest BCUT2D eigenvalue weighted by molar-refractivity contribution is 7.99. The van der Waals surface area contributed by atoms with Crippen LogP contribution < -0.4 is 0 Å². The highest BCUT2D eigenvalue weighted by atomic mass is 32.2. The quantitative estimate of drug-likeness (QED) is 0.868. The fraction of sp³-hybridized carbons (Fsp3) is 0.167. The third kappa shape index (κ3) is 2.54. The number of rotatable bonds is 4. The Balaban J connectivity index is 2.51. The van der Waals surface area contributed by atoms with Gasteiger partial charge in [0.25, 0.3) is 0 Å². The van der Waals surface area contributed by atoms with E-state index in [1.54, 1.807) is 6.07 Å². The van der Waals surface area contributed by atoms with E-state index in [1.165, 1.54) is 24.0 Å². The Morgan fingerprint density at radius 2 is 2.33 bits per heavy atom. The number of benzene rings is 1. The number of hydrogen-bond acceptors (Lipinski definition) is 4. The first kappa shape index (κ1) is 13.0. The molecule has 2 rings (SSSR count). The predicted molar refractivity (Wildman–Crippen MR) is 70.9 cm³/mol. The number of carbonyl (C=O) groups is 1. The van der Waals surface area contributed by atoms with E-state index in [-0.39, 0.29) is 10.7 Å². The Kier molecular flexibility index (Phi) is 3.98. The van der Waals surface area contributed by atoms with E-state index in [4.69, 9.17) is 5.11 Å². The molecule has 94 valence electrons. The number of halogens is 1. The van der Waals surface area contributed by atoms with Crippen LogP contribution in [0.1, 0.15) is 16.6 Å². The van der Waals surface area contributed by atoms with Crippen LogP contribution in [0.2, 0.25) is 0 Å². The molecule has 0 unspecified atom stereocenters. The van der Waals surface area contributed by atoms with Gasteiger partial charge >= 0.3 is 5.97 Å². The summed E-state index contributed by atoms with van der Waals surface area (Å²) in [4.78, 5) is 15.7. The Morgan fingerprint density at radius 3 is 2.94 bits per heavy atom. The van der Waals surface area contributed by atoms with Gasteiger partial charge in [-0.15, -0.1) is 23.1 Å². The second-order valence-electron chi connectivity index (χ2n) is 3.38. The largest absolute Gasteiger partial charge is 0.477 e. The van der Waals surface area contributed by atoms with Crippen molar-refractivity contribution in [2.45, 2.75) is 11.8 Å². The molecule has 0 radical (unpaired) electrons. The van der Waals surface area contributed by atoms with Crippen molar-refractivity contribution in [3.63, 3.8) is 0 Å². The van der Waals surface area contributed by atoms with Crippen LogP contribution in [0.4, 0.5) is 4.39 Å². The number of hydrogen-bond donors (Lipinski definition) is 1. The van der Waals surface area contributed by atoms with Gasteiger partial charge in [-0.05, 0) is 17.9 Å². The number of carboxylic acid groups (broad SMARTS) is 1. The number of thiazole rings is 1. The molecule has 2 aromatic rings. The maximum Gasteiger partial charge on any atom is 0.347 e. The van der Waals surface area contributed by atoms with Crippen LogP contribution in [-0.2, 0) is 0 Å². The molecule has 0 amide bonds. The van der Waals surface area contributed by atoms with Gasteiger partial charge in [-0.25, -0.2) is 14.2 Å². The van der Waals surface area contributed by atoms with Crippen LogP contribution in [0.15, 0.2) is 29.3 Å². The molecule has 0 atom stereocenters. The van der Waals surface area contributed by atoms with E-state index in [1.807, 2.05) is 13.0 Å². The molecule has 18 heavy (non-hydrogen) atoms. The monoisotopic (exact) mass is 283 g/mol. The lowest BCUT2D eigenvalue weighted by molar-refractivity contribution is 0.0702. The van der Waals surface area contributed by atoms with Crippen molar-refractivity contribution >= 4 is 29.1 Å². The zero-order valence-corrected chi connectivity index (χ0v) is 11.1. The molecule has 0 bridgehead atoms. The molecule has 0 aliphatic carbocycles. The number of thioether (sulfide) groups is 1. The summed E-state index contributed by atoms with van der Waals surface area (Å²) in [5, 5.41) is 9.26. The first-order valence-corrected chi connectivity index (χ1v) is 7.04. The minimum Gasteiger partial charge on any atom is -0.477 e. The highest BCUT2D eigenvalue weighted by Gasteiger charge is 2.16. The van der Waals surface area contributed by atoms with Crippen molar-refractivity contribution in [2.24, 2.45) is 0 Å². The minimum absolute atomic E-state index is 0.112. The smallest absolute Gasteiger partial charge is 0.347 e. The van der Waals surface area contributed by atoms with Crippen LogP contribution in [0, 0.1) is 5.82 Å². The summed E-state index contributed by atoms with van der Waals surface area (Å²) >= 11 is 2.49. The molecule has 0 aliphatic heterocycles. The summed E-state index contributed by atoms with van der Waals surface area (Å²) in [6, 6.07) is 4.81. The van der Waals surface area contributed by atoms with Gasteiger partial charge in [0, 0.05) is 4.90 Å². The van der Waals surface area contributed by atoms with Crippen molar-refractivity contribution in [3.05, 3.63) is 35.1 Å². The van der Waals surface area contributed by atoms with E-state index in [2.05, 4.69) is 4.98 Å². The van der Waals surface area contributed by atoms with E-state index in [0.717, 1.165) is 22.0 Å². The lowest BCUT2D eigenvalue weighted by atomic mass is 10.2. The van der Waals surface area contributed by atoms with Crippen molar-refractivity contribution < 1.29 is 14.3 Å². The van der Waals surface area contributed by atoms with Crippen LogP contribution in [0.25, 0.3) is 10.6 Å². The molecule has 6 heteroatoms. The van der Waals surface area contributed by atoms with Crippen LogP contribution in [0.5, 0.6) is 0 Å². The maximum absolute atomic E-state index is 13.9. The van der Waals surface area contributed by atoms with E-state index in [9.17, 15) is 9.18 Å². The Bertz CT molecular complexity index is 583. The van der Waals surface area contributed by atoms with Gasteiger partial charge in [-0.2, -0.15) is 0 Å². The standard InChI is InChI=1S/C12H10FNO2S2/c1-2-17-8-5-3-4-7(13)10(8)11-14-6-9(18-11)12(15)16/h3-6H,2H2,1H3,(H,15,16). The number of carboxylic acids is 1. The molecule has 0 saturated carbocycles. The Morgan fingerprint density at radius 1 is 1.56 bits per heavy atom. The molecule has 0 fully saturated rings. The summed E-state index contributed by atoms with van der Waals surface area (Å²) in [5.41, 5.74) is 0.391. The van der Waals surface area contributed by atoms with Crippen LogP contribution >= 0.6 is 23.1 Å². The number of aromatic carboxylic acids is 1. The first-order chi connectivity index (χ1) is 8.63. The van der Waals surface area contributed by atoms with Crippen molar-refractivity contribution in [3.8, 4) is 10.6 Å². The molecule has 0 spiro atoms. The maximum atomic E-state index is 13.9. The second kappa shape index (κ2) is 5.49. The summed E-state index contributed by atoms with van der Waals surface area (Å²) in [7, 11) is 0. The summed E-state index contributed by atoms with van der Waals surface area (Å²) in [6.07, 6.45) is 1.26. The predicted octanol–water partition coefficient (Wildman–Crippen LogP) is 3.76. The molecule has 0 aliphatic rings. The number of aromatic nitrogens is 1. The fourth-order valence-corrected chi connectivity index (χ4v) is 3.18. The molecule has 1 aromatic heterocycles. The zero-order valence-electron chi connectivity index (χ0n) is 9.51. The third-order valence-corrected chi connectivity index (χ3v) is 4.15. The molecule has 3 nitrogen and oxygen atoms in total. The van der Waals surface area contributed by atoms with Gasteiger partial charge in [0.2, 0.25) is 0 Å². The van der Waals surface area contributed by atoms with E-state index in [0.29, 0.717) is 10.6 Å². The van der Waals surface area contributed by atoms with Crippen molar-refractivity contribution in [2.75, 3.05) is 5.75 Å². The molecule has 1 N–H and O–H groups in total.